The molecule has 0 radical (unpaired) electrons. The summed E-state index contributed by atoms with van der Waals surface area (Å²) in [5, 5.41) is 0. The molecule has 0 aromatic carbocycles. The van der Waals surface area contributed by atoms with Crippen LogP contribution in [-0.2, 0) is 0 Å². The molecular formula is C10H22Cl2Si. The van der Waals surface area contributed by atoms with Crippen LogP contribution in [0, 0.1) is 5.92 Å². The first kappa shape index (κ1) is 13.8. The molecule has 0 atom stereocenters. The van der Waals surface area contributed by atoms with E-state index in [1.54, 1.807) is 0 Å². The van der Waals surface area contributed by atoms with E-state index in [4.69, 9.17) is 22.2 Å². The van der Waals surface area contributed by atoms with Gasteiger partial charge < -0.3 is 0 Å². The van der Waals surface area contributed by atoms with Crippen molar-refractivity contribution < 1.29 is 0 Å². The zero-order chi connectivity index (χ0) is 10.1. The Bertz CT molecular complexity index is 99.1. The molecule has 80 valence electrons. The predicted octanol–water partition coefficient (Wildman–Crippen LogP) is 4.68. The number of rotatable bonds is 1. The molecule has 0 amide bonds. The van der Waals surface area contributed by atoms with E-state index in [2.05, 4.69) is 6.92 Å². The van der Waals surface area contributed by atoms with Gasteiger partial charge in [0.25, 0.3) is 0 Å². The van der Waals surface area contributed by atoms with Crippen molar-refractivity contribution in [2.24, 2.45) is 5.92 Å². The number of halogens is 2. The molecule has 0 aromatic rings. The van der Waals surface area contributed by atoms with E-state index >= 15 is 0 Å². The molecule has 1 aliphatic carbocycles. The quantitative estimate of drug-likeness (QED) is 0.355. The molecule has 1 rings (SSSR count). The number of hydrogen-bond acceptors (Lipinski definition) is 0. The maximum atomic E-state index is 5.37. The van der Waals surface area contributed by atoms with Crippen LogP contribution in [0.25, 0.3) is 0 Å². The van der Waals surface area contributed by atoms with Crippen molar-refractivity contribution in [2.45, 2.75) is 58.4 Å². The Morgan fingerprint density at radius 3 is 1.77 bits per heavy atom. The fourth-order valence-electron chi connectivity index (χ4n) is 1.48. The Morgan fingerprint density at radius 2 is 1.46 bits per heavy atom. The van der Waals surface area contributed by atoms with Gasteiger partial charge in [-0.25, -0.2) is 0 Å². The standard InChI is InChI=1S/C8H16.C2H6Cl2Si/c1-8-6-4-2-3-5-7-8;1-2-5(3)4/h8H,2-7H2,1H3;5H,2H2,1H3. The highest BCUT2D eigenvalue weighted by Crippen LogP contribution is 2.21. The average Bonchev–Trinajstić information content (AvgIpc) is 2.33. The molecule has 3 heteroatoms. The van der Waals surface area contributed by atoms with Crippen LogP contribution in [-0.4, -0.2) is 7.42 Å². The fourth-order valence-corrected chi connectivity index (χ4v) is 1.48. The van der Waals surface area contributed by atoms with Gasteiger partial charge in [0.2, 0.25) is 7.42 Å². The summed E-state index contributed by atoms with van der Waals surface area (Å²) in [5.41, 5.74) is 0. The van der Waals surface area contributed by atoms with E-state index in [9.17, 15) is 0 Å². The molecule has 0 heterocycles. The van der Waals surface area contributed by atoms with E-state index in [1.165, 1.54) is 38.5 Å². The van der Waals surface area contributed by atoms with Gasteiger partial charge >= 0.3 is 0 Å². The van der Waals surface area contributed by atoms with E-state index in [-0.39, 0.29) is 0 Å². The van der Waals surface area contributed by atoms with Gasteiger partial charge in [-0.15, -0.1) is 0 Å². The summed E-state index contributed by atoms with van der Waals surface area (Å²) in [4.78, 5) is 0. The first-order valence-electron chi connectivity index (χ1n) is 5.45. The molecule has 0 bridgehead atoms. The summed E-state index contributed by atoms with van der Waals surface area (Å²) < 4.78 is 0. The molecule has 0 aromatic heterocycles. The molecule has 0 nitrogen and oxygen atoms in total. The maximum absolute atomic E-state index is 5.37. The minimum absolute atomic E-state index is 0.975. The van der Waals surface area contributed by atoms with Gasteiger partial charge in [0.1, 0.15) is 0 Å². The lowest BCUT2D eigenvalue weighted by atomic mass is 10.0. The third kappa shape index (κ3) is 10.7. The van der Waals surface area contributed by atoms with Crippen molar-refractivity contribution in [3.8, 4) is 0 Å². The molecular weight excluding hydrogens is 219 g/mol. The van der Waals surface area contributed by atoms with Crippen LogP contribution < -0.4 is 0 Å². The molecule has 0 N–H and O–H groups in total. The molecule has 1 fully saturated rings. The Kier molecular flexibility index (Phi) is 9.93. The predicted molar refractivity (Wildman–Crippen MR) is 66.2 cm³/mol. The molecule has 0 spiro atoms. The summed E-state index contributed by atoms with van der Waals surface area (Å²) in [5.74, 6) is 1.03. The topological polar surface area (TPSA) is 0 Å². The van der Waals surface area contributed by atoms with Crippen LogP contribution in [0.1, 0.15) is 52.4 Å². The average molecular weight is 241 g/mol. The lowest BCUT2D eigenvalue weighted by molar-refractivity contribution is 0.505. The SMILES string of the molecule is CC1CCCCCC1.CC[SiH](Cl)Cl. The van der Waals surface area contributed by atoms with Crippen molar-refractivity contribution in [3.05, 3.63) is 0 Å². The second kappa shape index (κ2) is 9.36. The minimum atomic E-state index is -1.21. The molecule has 0 aliphatic heterocycles. The summed E-state index contributed by atoms with van der Waals surface area (Å²) in [7, 11) is -1.21. The number of hydrogen-bond donors (Lipinski definition) is 0. The highest BCUT2D eigenvalue weighted by molar-refractivity contribution is 7.33. The van der Waals surface area contributed by atoms with Gasteiger partial charge in [-0.3, -0.25) is 0 Å². The van der Waals surface area contributed by atoms with Gasteiger partial charge in [-0.1, -0.05) is 52.4 Å². The second-order valence-electron chi connectivity index (χ2n) is 3.90. The smallest absolute Gasteiger partial charge is 0.150 e. The van der Waals surface area contributed by atoms with E-state index < -0.39 is 7.42 Å². The zero-order valence-corrected chi connectivity index (χ0v) is 11.5. The van der Waals surface area contributed by atoms with Gasteiger partial charge in [0, 0.05) is 0 Å². The van der Waals surface area contributed by atoms with Crippen LogP contribution in [0.2, 0.25) is 6.04 Å². The zero-order valence-electron chi connectivity index (χ0n) is 8.86. The van der Waals surface area contributed by atoms with E-state index in [0.717, 1.165) is 12.0 Å². The first-order chi connectivity index (χ1) is 6.16. The Labute approximate surface area is 94.0 Å². The fraction of sp³-hybridized carbons (Fsp3) is 1.00. The lowest BCUT2D eigenvalue weighted by Crippen LogP contribution is -1.88. The molecule has 1 aliphatic rings. The summed E-state index contributed by atoms with van der Waals surface area (Å²) >= 11 is 10.7. The summed E-state index contributed by atoms with van der Waals surface area (Å²) in [6, 6.07) is 0.975. The van der Waals surface area contributed by atoms with E-state index in [0.29, 0.717) is 0 Å². The molecule has 13 heavy (non-hydrogen) atoms. The summed E-state index contributed by atoms with van der Waals surface area (Å²) in [6.45, 7) is 4.38. The first-order valence-corrected chi connectivity index (χ1v) is 9.75. The highest BCUT2D eigenvalue weighted by Gasteiger charge is 2.05. The van der Waals surface area contributed by atoms with Gasteiger partial charge in [-0.05, 0) is 12.0 Å². The third-order valence-corrected chi connectivity index (χ3v) is 4.92. The van der Waals surface area contributed by atoms with Crippen LogP contribution in [0.4, 0.5) is 0 Å². The molecule has 0 unspecified atom stereocenters. The largest absolute Gasteiger partial charge is 0.236 e. The normalized spacial score (nSPS) is 19.2. The second-order valence-corrected chi connectivity index (χ2v) is 9.33. The van der Waals surface area contributed by atoms with Crippen molar-refractivity contribution in [1.82, 2.24) is 0 Å². The lowest BCUT2D eigenvalue weighted by Gasteiger charge is -2.02. The van der Waals surface area contributed by atoms with Crippen LogP contribution in [0.15, 0.2) is 0 Å². The van der Waals surface area contributed by atoms with Gasteiger partial charge in [0.15, 0.2) is 0 Å². The van der Waals surface area contributed by atoms with Crippen molar-refractivity contribution in [2.75, 3.05) is 0 Å². The Balaban J connectivity index is 0.000000252. The maximum Gasteiger partial charge on any atom is 0.236 e. The monoisotopic (exact) mass is 240 g/mol. The molecule has 0 saturated heterocycles. The van der Waals surface area contributed by atoms with E-state index in [1.807, 2.05) is 6.92 Å². The highest BCUT2D eigenvalue weighted by atomic mass is 35.7. The van der Waals surface area contributed by atoms with Crippen LogP contribution in [0.5, 0.6) is 0 Å². The Hall–Kier alpha value is 0.797. The summed E-state index contributed by atoms with van der Waals surface area (Å²) in [6.07, 6.45) is 8.93. The molecule has 1 saturated carbocycles. The van der Waals surface area contributed by atoms with Crippen LogP contribution in [0.3, 0.4) is 0 Å². The van der Waals surface area contributed by atoms with Crippen molar-refractivity contribution in [1.29, 1.82) is 0 Å². The van der Waals surface area contributed by atoms with Crippen molar-refractivity contribution in [3.63, 3.8) is 0 Å². The third-order valence-electron chi connectivity index (χ3n) is 2.45. The van der Waals surface area contributed by atoms with Gasteiger partial charge in [0.05, 0.1) is 0 Å². The van der Waals surface area contributed by atoms with Gasteiger partial charge in [-0.2, -0.15) is 22.2 Å². The van der Waals surface area contributed by atoms with Crippen LogP contribution >= 0.6 is 22.2 Å². The minimum Gasteiger partial charge on any atom is -0.150 e. The van der Waals surface area contributed by atoms with Crippen molar-refractivity contribution >= 4 is 29.6 Å². The Morgan fingerprint density at radius 1 is 1.08 bits per heavy atom.